The number of rotatable bonds is 12. The first-order valence-corrected chi connectivity index (χ1v) is 15.2. The summed E-state index contributed by atoms with van der Waals surface area (Å²) in [4.78, 5) is 24.4. The summed E-state index contributed by atoms with van der Waals surface area (Å²) in [7, 11) is 1.79. The van der Waals surface area contributed by atoms with Crippen LogP contribution in [0.15, 0.2) is 54.4 Å². The van der Waals surface area contributed by atoms with Crippen LogP contribution in [0.1, 0.15) is 58.4 Å². The molecule has 1 saturated carbocycles. The number of H-pyrrole nitrogens is 1. The van der Waals surface area contributed by atoms with Gasteiger partial charge >= 0.3 is 0 Å². The van der Waals surface area contributed by atoms with Crippen molar-refractivity contribution < 1.29 is 9.47 Å². The Morgan fingerprint density at radius 1 is 1.14 bits per heavy atom. The van der Waals surface area contributed by atoms with Gasteiger partial charge in [0.2, 0.25) is 5.95 Å². The van der Waals surface area contributed by atoms with Crippen molar-refractivity contribution in [1.82, 2.24) is 30.0 Å². The molecule has 1 aliphatic heterocycles. The van der Waals surface area contributed by atoms with E-state index >= 15 is 0 Å². The third-order valence-electron chi connectivity index (χ3n) is 8.47. The largest absolute Gasteiger partial charge is 0.487 e. The summed E-state index contributed by atoms with van der Waals surface area (Å²) in [5.41, 5.74) is 1.93. The van der Waals surface area contributed by atoms with Crippen molar-refractivity contribution >= 4 is 23.2 Å². The molecule has 5 rings (SSSR count). The number of nitrogens with one attached hydrogen (secondary N) is 3. The van der Waals surface area contributed by atoms with Crippen molar-refractivity contribution in [2.45, 2.75) is 82.6 Å². The number of halogens is 1. The summed E-state index contributed by atoms with van der Waals surface area (Å²) in [5.74, 6) is 0.939. The molecule has 3 atom stereocenters. The van der Waals surface area contributed by atoms with Crippen molar-refractivity contribution in [3.8, 4) is 16.9 Å². The minimum absolute atomic E-state index is 0.0963. The van der Waals surface area contributed by atoms with Gasteiger partial charge in [-0.2, -0.15) is 0 Å². The fraction of sp³-hybridized carbons (Fsp3) is 0.516. The zero-order valence-corrected chi connectivity index (χ0v) is 25.4. The number of hydrogen-bond acceptors (Lipinski definition) is 8. The molecule has 1 aromatic carbocycles. The summed E-state index contributed by atoms with van der Waals surface area (Å²) >= 11 is 6.36. The van der Waals surface area contributed by atoms with E-state index in [0.29, 0.717) is 47.1 Å². The average Bonchev–Trinajstić information content (AvgIpc) is 3.55. The van der Waals surface area contributed by atoms with Crippen LogP contribution < -0.4 is 20.9 Å². The number of nitrogens with zero attached hydrogens (tertiary/aromatic N) is 4. The van der Waals surface area contributed by atoms with E-state index in [9.17, 15) is 4.79 Å². The molecule has 0 amide bonds. The maximum atomic E-state index is 12.8. The Balaban J connectivity index is 1.20. The van der Waals surface area contributed by atoms with Crippen LogP contribution in [0, 0.1) is 0 Å². The second-order valence-corrected chi connectivity index (χ2v) is 11.8. The molecule has 2 unspecified atom stereocenters. The third kappa shape index (κ3) is 6.99. The zero-order chi connectivity index (χ0) is 29.6. The fourth-order valence-corrected chi connectivity index (χ4v) is 6.54. The van der Waals surface area contributed by atoms with Crippen LogP contribution in [-0.2, 0) is 4.74 Å². The van der Waals surface area contributed by atoms with Gasteiger partial charge in [0.15, 0.2) is 0 Å². The molecular formula is C31H42ClN7O3. The number of hydrogen-bond donors (Lipinski definition) is 3. The highest BCUT2D eigenvalue weighted by Crippen LogP contribution is 2.37. The van der Waals surface area contributed by atoms with Crippen LogP contribution >= 0.6 is 11.6 Å². The molecule has 11 heteroatoms. The van der Waals surface area contributed by atoms with Gasteiger partial charge in [-0.25, -0.2) is 9.97 Å². The topological polar surface area (TPSA) is 109 Å². The smallest absolute Gasteiger partial charge is 0.287 e. The van der Waals surface area contributed by atoms with Crippen molar-refractivity contribution in [2.75, 3.05) is 25.6 Å². The van der Waals surface area contributed by atoms with Gasteiger partial charge < -0.3 is 20.1 Å². The first-order valence-electron chi connectivity index (χ1n) is 14.8. The summed E-state index contributed by atoms with van der Waals surface area (Å²) in [6.45, 7) is 9.37. The van der Waals surface area contributed by atoms with E-state index in [4.69, 9.17) is 21.1 Å². The monoisotopic (exact) mass is 595 g/mol. The highest BCUT2D eigenvalue weighted by Gasteiger charge is 2.37. The van der Waals surface area contributed by atoms with Gasteiger partial charge in [0.1, 0.15) is 17.5 Å². The predicted octanol–water partition coefficient (Wildman–Crippen LogP) is 5.51. The van der Waals surface area contributed by atoms with Gasteiger partial charge in [-0.1, -0.05) is 24.2 Å². The third-order valence-corrected chi connectivity index (χ3v) is 8.78. The predicted molar refractivity (Wildman–Crippen MR) is 167 cm³/mol. The molecule has 0 radical (unpaired) electrons. The lowest BCUT2D eigenvalue weighted by Crippen LogP contribution is -2.46. The maximum absolute atomic E-state index is 12.8. The van der Waals surface area contributed by atoms with Crippen LogP contribution in [-0.4, -0.2) is 69.1 Å². The molecule has 10 nitrogen and oxygen atoms in total. The van der Waals surface area contributed by atoms with Crippen LogP contribution in [0.2, 0.25) is 5.02 Å². The second-order valence-electron chi connectivity index (χ2n) is 11.4. The van der Waals surface area contributed by atoms with Crippen molar-refractivity contribution in [2.24, 2.45) is 0 Å². The van der Waals surface area contributed by atoms with Gasteiger partial charge in [-0.05, 0) is 76.3 Å². The molecular weight excluding hydrogens is 554 g/mol. The molecule has 1 aliphatic carbocycles. The van der Waals surface area contributed by atoms with E-state index in [2.05, 4.69) is 44.1 Å². The van der Waals surface area contributed by atoms with Crippen LogP contribution in [0.4, 0.5) is 11.6 Å². The lowest BCUT2D eigenvalue weighted by Gasteiger charge is -2.40. The van der Waals surface area contributed by atoms with Crippen molar-refractivity contribution in [1.29, 1.82) is 0 Å². The number of anilines is 2. The normalized spacial score (nSPS) is 23.4. The van der Waals surface area contributed by atoms with Gasteiger partial charge in [0.05, 0.1) is 30.4 Å². The van der Waals surface area contributed by atoms with E-state index in [1.165, 1.54) is 12.8 Å². The van der Waals surface area contributed by atoms with Gasteiger partial charge in [0.25, 0.3) is 5.56 Å². The Hall–Kier alpha value is -3.34. The zero-order valence-electron chi connectivity index (χ0n) is 24.7. The second kappa shape index (κ2) is 13.8. The van der Waals surface area contributed by atoms with Crippen molar-refractivity contribution in [3.05, 3.63) is 64.9 Å². The Bertz CT molecular complexity index is 1380. The lowest BCUT2D eigenvalue weighted by atomic mass is 9.89. The molecule has 2 fully saturated rings. The average molecular weight is 596 g/mol. The molecule has 42 heavy (non-hydrogen) atoms. The fourth-order valence-electron chi connectivity index (χ4n) is 6.38. The number of likely N-dealkylation sites (tertiary alicyclic amines) is 1. The van der Waals surface area contributed by atoms with Crippen molar-refractivity contribution in [3.63, 3.8) is 0 Å². The van der Waals surface area contributed by atoms with E-state index in [1.54, 1.807) is 31.8 Å². The maximum Gasteiger partial charge on any atom is 0.287 e. The quantitative estimate of drug-likeness (QED) is 0.251. The first kappa shape index (κ1) is 30.1. The molecule has 2 aliphatic rings. The summed E-state index contributed by atoms with van der Waals surface area (Å²) in [5, 5.41) is 9.66. The number of aromatic amines is 1. The summed E-state index contributed by atoms with van der Waals surface area (Å²) < 4.78 is 13.4. The molecule has 2 aromatic heterocycles. The van der Waals surface area contributed by atoms with E-state index in [1.807, 2.05) is 29.9 Å². The minimum atomic E-state index is -0.183. The van der Waals surface area contributed by atoms with Gasteiger partial charge in [-0.15, -0.1) is 0 Å². The standard InChI is InChI=1S/C31H42ClN7O3/c1-5-33-15-21(3)42-29-14-22(7-13-27(29)32)23-16-34-31(35-17-23)36-28-18-38(37-30(28)40)24-9-11-25(12-10-24)39-20(2)6-8-26(39)19-41-4/h5,7,13-14,16-18,20-21,24-26,33H,1,6,8-12,15,19H2,2-4H3,(H,37,40)(H,34,35,36)/t20?,21-,24?,25?,26?/m0/s1. The number of benzene rings is 1. The Kier molecular flexibility index (Phi) is 9.87. The lowest BCUT2D eigenvalue weighted by molar-refractivity contribution is 0.0473. The number of methoxy groups -OCH3 is 1. The first-order chi connectivity index (χ1) is 20.4. The number of aromatic nitrogens is 4. The van der Waals surface area contributed by atoms with Crippen LogP contribution in [0.3, 0.4) is 0 Å². The molecule has 3 aromatic rings. The summed E-state index contributed by atoms with van der Waals surface area (Å²) in [6.07, 6.45) is 13.5. The van der Waals surface area contributed by atoms with Gasteiger partial charge in [0, 0.05) is 43.2 Å². The highest BCUT2D eigenvalue weighted by atomic mass is 35.5. The molecule has 1 saturated heterocycles. The van der Waals surface area contributed by atoms with E-state index < -0.39 is 0 Å². The Morgan fingerprint density at radius 3 is 2.60 bits per heavy atom. The molecule has 0 spiro atoms. The SMILES string of the molecule is C=CNC[C@H](C)Oc1cc(-c2cnc(Nc3cn(C4CCC(N5C(C)CCC5COC)CC4)[nH]c3=O)nc2)ccc1Cl. The minimum Gasteiger partial charge on any atom is -0.487 e. The Morgan fingerprint density at radius 2 is 1.88 bits per heavy atom. The summed E-state index contributed by atoms with van der Waals surface area (Å²) in [6, 6.07) is 7.53. The van der Waals surface area contributed by atoms with E-state index in [0.717, 1.165) is 43.4 Å². The highest BCUT2D eigenvalue weighted by molar-refractivity contribution is 6.32. The molecule has 226 valence electrons. The Labute approximate surface area is 252 Å². The molecule has 3 heterocycles. The number of ether oxygens (including phenoxy) is 2. The van der Waals surface area contributed by atoms with Crippen LogP contribution in [0.5, 0.6) is 5.75 Å². The molecule has 3 N–H and O–H groups in total. The molecule has 0 bridgehead atoms. The van der Waals surface area contributed by atoms with Crippen LogP contribution in [0.25, 0.3) is 11.1 Å². The van der Waals surface area contributed by atoms with E-state index in [-0.39, 0.29) is 17.7 Å². The van der Waals surface area contributed by atoms with Gasteiger partial charge in [-0.3, -0.25) is 19.5 Å².